The molecule has 0 radical (unpaired) electrons. The van der Waals surface area contributed by atoms with Crippen LogP contribution < -0.4 is 10.9 Å². The lowest BCUT2D eigenvalue weighted by Gasteiger charge is -2.07. The van der Waals surface area contributed by atoms with Gasteiger partial charge >= 0.3 is 0 Å². The largest absolute Gasteiger partial charge is 0.324 e. The Morgan fingerprint density at radius 2 is 2.04 bits per heavy atom. The maximum absolute atomic E-state index is 12.6. The molecule has 1 aromatic carbocycles. The summed E-state index contributed by atoms with van der Waals surface area (Å²) in [6, 6.07) is 13.2. The fourth-order valence-corrected chi connectivity index (χ4v) is 3.44. The number of carbonyl (C=O) groups excluding carboxylic acids is 1. The second-order valence-corrected chi connectivity index (χ2v) is 6.98. The summed E-state index contributed by atoms with van der Waals surface area (Å²) < 4.78 is 2.58. The van der Waals surface area contributed by atoms with Gasteiger partial charge in [-0.1, -0.05) is 25.1 Å². The number of hydrogen-bond donors (Lipinski definition) is 1. The molecule has 136 valence electrons. The number of nitrogens with zero attached hydrogens (tertiary/aromatic N) is 4. The Kier molecular flexibility index (Phi) is 4.55. The molecule has 0 aliphatic rings. The van der Waals surface area contributed by atoms with Crippen molar-refractivity contribution in [1.29, 1.82) is 0 Å². The minimum atomic E-state index is -0.357. The third kappa shape index (κ3) is 3.52. The lowest BCUT2D eigenvalue weighted by Crippen LogP contribution is -2.30. The van der Waals surface area contributed by atoms with Crippen LogP contribution in [0.1, 0.15) is 12.5 Å². The zero-order valence-electron chi connectivity index (χ0n) is 14.6. The summed E-state index contributed by atoms with van der Waals surface area (Å²) in [4.78, 5) is 25.9. The van der Waals surface area contributed by atoms with Crippen LogP contribution in [0.4, 0.5) is 5.69 Å². The molecule has 0 aliphatic carbocycles. The van der Waals surface area contributed by atoms with Crippen LogP contribution in [0.25, 0.3) is 16.1 Å². The van der Waals surface area contributed by atoms with E-state index in [1.807, 2.05) is 41.8 Å². The molecule has 0 aliphatic heterocycles. The van der Waals surface area contributed by atoms with Gasteiger partial charge in [0, 0.05) is 5.69 Å². The molecule has 0 saturated heterocycles. The van der Waals surface area contributed by atoms with Crippen LogP contribution >= 0.6 is 11.3 Å². The predicted octanol–water partition coefficient (Wildman–Crippen LogP) is 2.82. The lowest BCUT2D eigenvalue weighted by atomic mass is 10.1. The highest BCUT2D eigenvalue weighted by Gasteiger charge is 2.12. The van der Waals surface area contributed by atoms with Crippen molar-refractivity contribution in [3.8, 4) is 10.6 Å². The molecule has 7 nitrogen and oxygen atoms in total. The van der Waals surface area contributed by atoms with E-state index in [0.717, 1.165) is 16.0 Å². The van der Waals surface area contributed by atoms with Gasteiger partial charge < -0.3 is 5.32 Å². The van der Waals surface area contributed by atoms with Crippen molar-refractivity contribution in [3.63, 3.8) is 0 Å². The fourth-order valence-electron chi connectivity index (χ4n) is 2.76. The number of nitrogens with one attached hydrogen (secondary N) is 1. The maximum Gasteiger partial charge on any atom is 0.293 e. The Hall–Kier alpha value is -3.26. The summed E-state index contributed by atoms with van der Waals surface area (Å²) in [6.45, 7) is 1.91. The lowest BCUT2D eigenvalue weighted by molar-refractivity contribution is -0.117. The van der Waals surface area contributed by atoms with Gasteiger partial charge in [-0.25, -0.2) is 9.20 Å². The summed E-state index contributed by atoms with van der Waals surface area (Å²) >= 11 is 1.55. The first kappa shape index (κ1) is 17.2. The van der Waals surface area contributed by atoms with Gasteiger partial charge in [-0.15, -0.1) is 11.3 Å². The molecule has 0 bridgehead atoms. The van der Waals surface area contributed by atoms with Gasteiger partial charge in [0.25, 0.3) is 5.56 Å². The molecule has 27 heavy (non-hydrogen) atoms. The minimum Gasteiger partial charge on any atom is -0.324 e. The molecule has 1 amide bonds. The molecule has 8 heteroatoms. The number of fused-ring (bicyclic) bond motifs is 1. The number of rotatable bonds is 5. The van der Waals surface area contributed by atoms with Crippen LogP contribution in [0.15, 0.2) is 59.0 Å². The third-order valence-electron chi connectivity index (χ3n) is 4.20. The van der Waals surface area contributed by atoms with Gasteiger partial charge in [-0.05, 0) is 41.6 Å². The average Bonchev–Trinajstić information content (AvgIpc) is 3.34. The van der Waals surface area contributed by atoms with E-state index in [2.05, 4.69) is 22.4 Å². The summed E-state index contributed by atoms with van der Waals surface area (Å²) in [5.74, 6) is -0.309. The summed E-state index contributed by atoms with van der Waals surface area (Å²) in [6.07, 6.45) is 2.38. The van der Waals surface area contributed by atoms with Crippen molar-refractivity contribution in [2.75, 3.05) is 5.32 Å². The highest BCUT2D eigenvalue weighted by Crippen LogP contribution is 2.23. The second kappa shape index (κ2) is 7.16. The number of hydrogen-bond acceptors (Lipinski definition) is 5. The van der Waals surface area contributed by atoms with Crippen LogP contribution in [0.5, 0.6) is 0 Å². The Labute approximate surface area is 158 Å². The number of anilines is 1. The normalized spacial score (nSPS) is 11.0. The molecular weight excluding hydrogens is 362 g/mol. The van der Waals surface area contributed by atoms with Gasteiger partial charge in [0.05, 0.1) is 4.88 Å². The Bertz CT molecular complexity index is 1140. The Morgan fingerprint density at radius 3 is 2.74 bits per heavy atom. The first-order valence-electron chi connectivity index (χ1n) is 8.52. The molecule has 4 aromatic rings. The molecule has 0 unspecified atom stereocenters. The number of aromatic nitrogens is 4. The van der Waals surface area contributed by atoms with Crippen molar-refractivity contribution in [2.45, 2.75) is 19.9 Å². The Balaban J connectivity index is 1.55. The second-order valence-electron chi connectivity index (χ2n) is 6.03. The van der Waals surface area contributed by atoms with Crippen LogP contribution in [-0.4, -0.2) is 25.3 Å². The van der Waals surface area contributed by atoms with E-state index in [0.29, 0.717) is 16.9 Å². The molecular formula is C19H17N5O2S. The molecule has 0 spiro atoms. The van der Waals surface area contributed by atoms with Crippen molar-refractivity contribution in [3.05, 3.63) is 70.1 Å². The summed E-state index contributed by atoms with van der Waals surface area (Å²) in [5.41, 5.74) is 2.62. The quantitative estimate of drug-likeness (QED) is 0.578. The average molecular weight is 379 g/mol. The standard InChI is InChI=1S/C19H17N5O2S/c1-2-13-5-7-14(8-6-13)21-18(25)11-23-19(26)16-10-15(17-4-3-9-27-17)22-24(16)12-20-23/h3-10,12H,2,11H2,1H3,(H,21,25). The Morgan fingerprint density at radius 1 is 1.22 bits per heavy atom. The first-order chi connectivity index (χ1) is 13.1. The highest BCUT2D eigenvalue weighted by molar-refractivity contribution is 7.13. The van der Waals surface area contributed by atoms with Gasteiger partial charge in [-0.3, -0.25) is 9.59 Å². The molecule has 0 atom stereocenters. The SMILES string of the molecule is CCc1ccc(NC(=O)Cn2ncn3nc(-c4cccs4)cc3c2=O)cc1. The van der Waals surface area contributed by atoms with Crippen molar-refractivity contribution in [1.82, 2.24) is 19.4 Å². The molecule has 1 N–H and O–H groups in total. The zero-order chi connectivity index (χ0) is 18.8. The van der Waals surface area contributed by atoms with E-state index in [4.69, 9.17) is 0 Å². The summed E-state index contributed by atoms with van der Waals surface area (Å²) in [5, 5.41) is 13.2. The maximum atomic E-state index is 12.6. The van der Waals surface area contributed by atoms with Gasteiger partial charge in [0.2, 0.25) is 5.91 Å². The highest BCUT2D eigenvalue weighted by atomic mass is 32.1. The van der Waals surface area contributed by atoms with E-state index in [9.17, 15) is 9.59 Å². The van der Waals surface area contributed by atoms with Crippen molar-refractivity contribution < 1.29 is 4.79 Å². The van der Waals surface area contributed by atoms with Crippen LogP contribution in [-0.2, 0) is 17.8 Å². The zero-order valence-corrected chi connectivity index (χ0v) is 15.4. The third-order valence-corrected chi connectivity index (χ3v) is 5.09. The van der Waals surface area contributed by atoms with E-state index < -0.39 is 0 Å². The van der Waals surface area contributed by atoms with Gasteiger partial charge in [0.15, 0.2) is 0 Å². The predicted molar refractivity (Wildman–Crippen MR) is 105 cm³/mol. The minimum absolute atomic E-state index is 0.162. The van der Waals surface area contributed by atoms with Crippen LogP contribution in [0.3, 0.4) is 0 Å². The number of aryl methyl sites for hydroxylation is 1. The van der Waals surface area contributed by atoms with E-state index in [1.54, 1.807) is 17.4 Å². The fraction of sp³-hybridized carbons (Fsp3) is 0.158. The van der Waals surface area contributed by atoms with Crippen molar-refractivity contribution >= 4 is 28.4 Å². The number of amides is 1. The molecule has 0 saturated carbocycles. The van der Waals surface area contributed by atoms with Crippen LogP contribution in [0, 0.1) is 0 Å². The number of benzene rings is 1. The molecule has 3 aromatic heterocycles. The van der Waals surface area contributed by atoms with Gasteiger partial charge in [-0.2, -0.15) is 10.2 Å². The summed E-state index contributed by atoms with van der Waals surface area (Å²) in [7, 11) is 0. The van der Waals surface area contributed by atoms with E-state index >= 15 is 0 Å². The molecule has 4 rings (SSSR count). The monoisotopic (exact) mass is 379 g/mol. The number of thiophene rings is 1. The van der Waals surface area contributed by atoms with E-state index in [-0.39, 0.29) is 18.0 Å². The smallest absolute Gasteiger partial charge is 0.293 e. The van der Waals surface area contributed by atoms with E-state index in [1.165, 1.54) is 16.4 Å². The topological polar surface area (TPSA) is 81.3 Å². The molecule has 0 fully saturated rings. The number of carbonyl (C=O) groups is 1. The van der Waals surface area contributed by atoms with Crippen LogP contribution in [0.2, 0.25) is 0 Å². The first-order valence-corrected chi connectivity index (χ1v) is 9.40. The molecule has 3 heterocycles. The van der Waals surface area contributed by atoms with Gasteiger partial charge in [0.1, 0.15) is 24.1 Å². The van der Waals surface area contributed by atoms with Crippen molar-refractivity contribution in [2.24, 2.45) is 0 Å².